The Kier molecular flexibility index (Phi) is 6.99. The van der Waals surface area contributed by atoms with E-state index in [-0.39, 0.29) is 34.6 Å². The quantitative estimate of drug-likeness (QED) is 0.385. The molecule has 0 aliphatic heterocycles. The molecule has 1 heterocycles. The Morgan fingerprint density at radius 2 is 1.75 bits per heavy atom. The van der Waals surface area contributed by atoms with E-state index in [0.717, 1.165) is 5.56 Å². The van der Waals surface area contributed by atoms with Gasteiger partial charge >= 0.3 is 0 Å². The lowest BCUT2D eigenvalue weighted by atomic mass is 10.1. The molecule has 0 unspecified atom stereocenters. The maximum absolute atomic E-state index is 13.5. The predicted molar refractivity (Wildman–Crippen MR) is 131 cm³/mol. The fourth-order valence-electron chi connectivity index (χ4n) is 3.51. The van der Waals surface area contributed by atoms with Crippen LogP contribution in [0.3, 0.4) is 0 Å². The second-order valence-electron chi connectivity index (χ2n) is 8.28. The number of hydrogen-bond acceptors (Lipinski definition) is 6. The number of aromatic nitrogens is 1. The summed E-state index contributed by atoms with van der Waals surface area (Å²) in [5, 5.41) is 11.7. The summed E-state index contributed by atoms with van der Waals surface area (Å²) in [5.41, 5.74) is 2.77. The van der Waals surface area contributed by atoms with Gasteiger partial charge in [-0.2, -0.15) is 5.26 Å². The summed E-state index contributed by atoms with van der Waals surface area (Å²) < 4.78 is 44.7. The van der Waals surface area contributed by atoms with Crippen LogP contribution in [0.2, 0.25) is 0 Å². The van der Waals surface area contributed by atoms with Crippen molar-refractivity contribution >= 4 is 15.7 Å². The number of carbonyl (C=O) groups is 1. The lowest BCUT2D eigenvalue weighted by Gasteiger charge is -2.06. The van der Waals surface area contributed by atoms with E-state index in [4.69, 9.17) is 9.68 Å². The molecule has 0 fully saturated rings. The molecule has 36 heavy (non-hydrogen) atoms. The smallest absolute Gasteiger partial charge is 0.251 e. The first kappa shape index (κ1) is 24.8. The minimum Gasteiger partial charge on any atom is -0.441 e. The molecule has 1 aromatic heterocycles. The lowest BCUT2D eigenvalue weighted by molar-refractivity contribution is 0.0951. The lowest BCUT2D eigenvalue weighted by Crippen LogP contribution is -2.22. The van der Waals surface area contributed by atoms with E-state index in [2.05, 4.69) is 10.3 Å². The monoisotopic (exact) mass is 503 g/mol. The highest BCUT2D eigenvalue weighted by Crippen LogP contribution is 2.25. The zero-order valence-corrected chi connectivity index (χ0v) is 20.4. The van der Waals surface area contributed by atoms with Gasteiger partial charge in [-0.25, -0.2) is 17.8 Å². The van der Waals surface area contributed by atoms with Crippen molar-refractivity contribution in [3.8, 4) is 17.5 Å². The van der Waals surface area contributed by atoms with Crippen LogP contribution in [0.5, 0.6) is 0 Å². The molecule has 0 saturated heterocycles. The fourth-order valence-corrected chi connectivity index (χ4v) is 4.86. The van der Waals surface area contributed by atoms with Crippen molar-refractivity contribution in [1.82, 2.24) is 10.3 Å². The van der Waals surface area contributed by atoms with E-state index in [0.29, 0.717) is 28.1 Å². The second-order valence-corrected chi connectivity index (χ2v) is 10.3. The first-order valence-corrected chi connectivity index (χ1v) is 12.6. The van der Waals surface area contributed by atoms with Crippen molar-refractivity contribution in [1.29, 1.82) is 5.26 Å². The molecular weight excluding hydrogens is 481 g/mol. The molecule has 0 aliphatic rings. The van der Waals surface area contributed by atoms with Gasteiger partial charge in [-0.1, -0.05) is 23.8 Å². The molecule has 1 N–H and O–H groups in total. The number of benzene rings is 3. The molecule has 9 heteroatoms. The summed E-state index contributed by atoms with van der Waals surface area (Å²) in [4.78, 5) is 17.1. The van der Waals surface area contributed by atoms with Crippen molar-refractivity contribution < 1.29 is 22.0 Å². The van der Waals surface area contributed by atoms with E-state index in [1.54, 1.807) is 61.5 Å². The summed E-state index contributed by atoms with van der Waals surface area (Å²) in [6.07, 6.45) is 0. The number of aryl methyl sites for hydroxylation is 2. The topological polar surface area (TPSA) is 113 Å². The fraction of sp³-hybridized carbons (Fsp3) is 0.148. The standard InChI is InChI=1S/C27H22FN3O4S/c1-17-3-10-23(11-4-17)36(33,34)16-25-18(2)35-27(31-25)21-8-6-20(7-9-21)26(32)30-15-19-5-12-24(28)22(13-19)14-29/h3-13H,15-16H2,1-2H3,(H,30,32). The predicted octanol–water partition coefficient (Wildman–Crippen LogP) is 4.87. The number of nitriles is 1. The molecule has 0 bridgehead atoms. The zero-order chi connectivity index (χ0) is 25.9. The Labute approximate surface area is 208 Å². The number of oxazole rings is 1. The molecule has 0 aliphatic carbocycles. The van der Waals surface area contributed by atoms with Gasteiger partial charge in [0.15, 0.2) is 9.84 Å². The number of nitrogens with one attached hydrogen (secondary N) is 1. The molecule has 0 radical (unpaired) electrons. The van der Waals surface area contributed by atoms with Crippen molar-refractivity contribution in [2.75, 3.05) is 0 Å². The Balaban J connectivity index is 1.44. The van der Waals surface area contributed by atoms with Gasteiger partial charge in [0, 0.05) is 17.7 Å². The zero-order valence-electron chi connectivity index (χ0n) is 19.6. The molecule has 4 aromatic rings. The first-order valence-electron chi connectivity index (χ1n) is 11.0. The number of rotatable bonds is 7. The van der Waals surface area contributed by atoms with Gasteiger partial charge in [-0.15, -0.1) is 0 Å². The number of hydrogen-bond donors (Lipinski definition) is 1. The number of sulfone groups is 1. The van der Waals surface area contributed by atoms with Gasteiger partial charge < -0.3 is 9.73 Å². The number of amides is 1. The minimum atomic E-state index is -3.59. The van der Waals surface area contributed by atoms with Crippen LogP contribution in [0.25, 0.3) is 11.5 Å². The van der Waals surface area contributed by atoms with Crippen LogP contribution in [-0.2, 0) is 22.1 Å². The third-order valence-corrected chi connectivity index (χ3v) is 7.24. The second kappa shape index (κ2) is 10.1. The van der Waals surface area contributed by atoms with Crippen LogP contribution >= 0.6 is 0 Å². The average Bonchev–Trinajstić information content (AvgIpc) is 3.23. The molecule has 0 saturated carbocycles. The average molecular weight is 504 g/mol. The number of nitrogens with zero attached hydrogens (tertiary/aromatic N) is 2. The van der Waals surface area contributed by atoms with E-state index in [1.165, 1.54) is 18.2 Å². The van der Waals surface area contributed by atoms with Crippen LogP contribution in [-0.4, -0.2) is 19.3 Å². The Morgan fingerprint density at radius 3 is 2.42 bits per heavy atom. The number of carbonyl (C=O) groups excluding carboxylic acids is 1. The van der Waals surface area contributed by atoms with Crippen molar-refractivity contribution in [2.45, 2.75) is 31.0 Å². The molecule has 0 atom stereocenters. The summed E-state index contributed by atoms with van der Waals surface area (Å²) >= 11 is 0. The Bertz CT molecular complexity index is 1570. The van der Waals surface area contributed by atoms with Crippen molar-refractivity contribution in [2.24, 2.45) is 0 Å². The van der Waals surface area contributed by atoms with E-state index in [9.17, 15) is 17.6 Å². The van der Waals surface area contributed by atoms with Gasteiger partial charge in [-0.3, -0.25) is 4.79 Å². The molecule has 0 spiro atoms. The minimum absolute atomic E-state index is 0.0848. The molecule has 7 nitrogen and oxygen atoms in total. The van der Waals surface area contributed by atoms with Gasteiger partial charge in [0.05, 0.1) is 16.2 Å². The normalized spacial score (nSPS) is 11.2. The molecule has 3 aromatic carbocycles. The maximum Gasteiger partial charge on any atom is 0.251 e. The van der Waals surface area contributed by atoms with Crippen LogP contribution < -0.4 is 5.32 Å². The van der Waals surface area contributed by atoms with E-state index < -0.39 is 15.7 Å². The number of halogens is 1. The van der Waals surface area contributed by atoms with E-state index >= 15 is 0 Å². The Morgan fingerprint density at radius 1 is 1.06 bits per heavy atom. The van der Waals surface area contributed by atoms with Gasteiger partial charge in [0.1, 0.15) is 23.4 Å². The molecular formula is C27H22FN3O4S. The highest BCUT2D eigenvalue weighted by molar-refractivity contribution is 7.90. The highest BCUT2D eigenvalue weighted by Gasteiger charge is 2.21. The van der Waals surface area contributed by atoms with Crippen LogP contribution in [0.15, 0.2) is 76.0 Å². The van der Waals surface area contributed by atoms with Crippen LogP contribution in [0.4, 0.5) is 4.39 Å². The highest BCUT2D eigenvalue weighted by atomic mass is 32.2. The Hall–Kier alpha value is -4.29. The maximum atomic E-state index is 13.5. The summed E-state index contributed by atoms with van der Waals surface area (Å²) in [5.74, 6) is -0.593. The third-order valence-electron chi connectivity index (χ3n) is 5.60. The van der Waals surface area contributed by atoms with Gasteiger partial charge in [0.2, 0.25) is 5.89 Å². The van der Waals surface area contributed by atoms with Crippen molar-refractivity contribution in [3.05, 3.63) is 106 Å². The van der Waals surface area contributed by atoms with Crippen molar-refractivity contribution in [3.63, 3.8) is 0 Å². The molecule has 182 valence electrons. The van der Waals surface area contributed by atoms with E-state index in [1.807, 2.05) is 6.92 Å². The van der Waals surface area contributed by atoms with Crippen LogP contribution in [0, 0.1) is 31.0 Å². The molecule has 4 rings (SSSR count). The van der Waals surface area contributed by atoms with Gasteiger partial charge in [-0.05, 0) is 67.9 Å². The summed E-state index contributed by atoms with van der Waals surface area (Å²) in [6.45, 7) is 3.68. The van der Waals surface area contributed by atoms with Gasteiger partial charge in [0.25, 0.3) is 5.91 Å². The third kappa shape index (κ3) is 5.50. The summed E-state index contributed by atoms with van der Waals surface area (Å²) in [7, 11) is -3.59. The summed E-state index contributed by atoms with van der Waals surface area (Å²) in [6, 6.07) is 19.0. The molecule has 1 amide bonds. The van der Waals surface area contributed by atoms with Crippen LogP contribution in [0.1, 0.15) is 38.5 Å². The SMILES string of the molecule is Cc1ccc(S(=O)(=O)Cc2nc(-c3ccc(C(=O)NCc4ccc(F)c(C#N)c4)cc3)oc2C)cc1. The first-order chi connectivity index (χ1) is 17.2. The largest absolute Gasteiger partial charge is 0.441 e.